The van der Waals surface area contributed by atoms with Crippen LogP contribution in [0.2, 0.25) is 0 Å². The highest BCUT2D eigenvalue weighted by atomic mass is 32.1. The molecule has 3 N–H and O–H groups in total. The van der Waals surface area contributed by atoms with Crippen molar-refractivity contribution in [2.24, 2.45) is 0 Å². The van der Waals surface area contributed by atoms with E-state index in [0.717, 1.165) is 33.4 Å². The molecule has 0 atom stereocenters. The molecule has 1 amide bonds. The van der Waals surface area contributed by atoms with E-state index in [9.17, 15) is 4.79 Å². The van der Waals surface area contributed by atoms with E-state index in [1.54, 1.807) is 20.3 Å². The largest absolute Gasteiger partial charge is 0.497 e. The van der Waals surface area contributed by atoms with Gasteiger partial charge in [-0.15, -0.1) is 0 Å². The fraction of sp³-hybridized carbons (Fsp3) is 0.130. The molecule has 30 heavy (non-hydrogen) atoms. The summed E-state index contributed by atoms with van der Waals surface area (Å²) in [5, 5.41) is 5.50. The zero-order valence-electron chi connectivity index (χ0n) is 16.8. The number of ether oxygens (including phenoxy) is 2. The van der Waals surface area contributed by atoms with Crippen molar-refractivity contribution < 1.29 is 14.3 Å². The summed E-state index contributed by atoms with van der Waals surface area (Å²) in [5.74, 6) is 1.30. The minimum atomic E-state index is -0.307. The highest BCUT2D eigenvalue weighted by Gasteiger charge is 2.01. The summed E-state index contributed by atoms with van der Waals surface area (Å²) in [5.41, 5.74) is 7.19. The highest BCUT2D eigenvalue weighted by molar-refractivity contribution is 7.80. The van der Waals surface area contributed by atoms with E-state index in [-0.39, 0.29) is 5.91 Å². The van der Waals surface area contributed by atoms with Crippen LogP contribution >= 0.6 is 12.2 Å². The molecule has 0 aromatic heterocycles. The maximum Gasteiger partial charge on any atom is 0.262 e. The Morgan fingerprint density at radius 2 is 1.57 bits per heavy atom. The fourth-order valence-electron chi connectivity index (χ4n) is 2.77. The van der Waals surface area contributed by atoms with Crippen molar-refractivity contribution in [3.8, 4) is 11.5 Å². The first-order valence-corrected chi connectivity index (χ1v) is 9.71. The number of amides is 1. The molecule has 0 unspecified atom stereocenters. The standard InChI is InChI=1S/C23H23N3O3S/c1-28-20-9-4-17(5-10-20)15-24-23(30)26-25-22(27)12-6-16-3-7-19-14-21(29-2)11-8-18(19)13-16/h3-14H,15H2,1-2H3,(H,25,27)(H2,24,26,30)/b12-6+. The number of hydrazine groups is 1. The van der Waals surface area contributed by atoms with Crippen LogP contribution < -0.4 is 25.6 Å². The monoisotopic (exact) mass is 421 g/mol. The second-order valence-electron chi connectivity index (χ2n) is 6.45. The van der Waals surface area contributed by atoms with Gasteiger partial charge >= 0.3 is 0 Å². The summed E-state index contributed by atoms with van der Waals surface area (Å²) in [4.78, 5) is 12.0. The Labute approximate surface area is 180 Å². The molecule has 3 aromatic carbocycles. The van der Waals surface area contributed by atoms with Gasteiger partial charge in [-0.2, -0.15) is 0 Å². The summed E-state index contributed by atoms with van der Waals surface area (Å²) >= 11 is 5.18. The predicted molar refractivity (Wildman–Crippen MR) is 123 cm³/mol. The zero-order chi connectivity index (χ0) is 21.3. The quantitative estimate of drug-likeness (QED) is 0.321. The lowest BCUT2D eigenvalue weighted by molar-refractivity contribution is -0.116. The average molecular weight is 422 g/mol. The molecule has 0 saturated carbocycles. The minimum Gasteiger partial charge on any atom is -0.497 e. The lowest BCUT2D eigenvalue weighted by Crippen LogP contribution is -2.45. The summed E-state index contributed by atoms with van der Waals surface area (Å²) < 4.78 is 10.4. The fourth-order valence-corrected chi connectivity index (χ4v) is 2.90. The second kappa shape index (κ2) is 10.3. The van der Waals surface area contributed by atoms with Gasteiger partial charge in [0.2, 0.25) is 0 Å². The number of carbonyl (C=O) groups is 1. The topological polar surface area (TPSA) is 71.6 Å². The maximum absolute atomic E-state index is 12.0. The van der Waals surface area contributed by atoms with Gasteiger partial charge in [-0.05, 0) is 70.5 Å². The molecule has 7 heteroatoms. The van der Waals surface area contributed by atoms with Gasteiger partial charge in [0.1, 0.15) is 11.5 Å². The van der Waals surface area contributed by atoms with Crippen LogP contribution in [0.1, 0.15) is 11.1 Å². The molecule has 0 aliphatic carbocycles. The number of hydrogen-bond acceptors (Lipinski definition) is 4. The van der Waals surface area contributed by atoms with Crippen molar-refractivity contribution >= 4 is 40.1 Å². The minimum absolute atomic E-state index is 0.307. The first kappa shape index (κ1) is 21.1. The van der Waals surface area contributed by atoms with Crippen molar-refractivity contribution in [3.63, 3.8) is 0 Å². The maximum atomic E-state index is 12.0. The van der Waals surface area contributed by atoms with E-state index in [1.807, 2.05) is 60.7 Å². The summed E-state index contributed by atoms with van der Waals surface area (Å²) in [6.45, 7) is 0.531. The molecular weight excluding hydrogens is 398 g/mol. The molecular formula is C23H23N3O3S. The lowest BCUT2D eigenvalue weighted by atomic mass is 10.1. The number of hydrogen-bond donors (Lipinski definition) is 3. The van der Waals surface area contributed by atoms with Crippen LogP contribution in [0, 0.1) is 0 Å². The second-order valence-corrected chi connectivity index (χ2v) is 6.86. The van der Waals surface area contributed by atoms with Crippen LogP contribution in [0.3, 0.4) is 0 Å². The van der Waals surface area contributed by atoms with Crippen molar-refractivity contribution in [1.82, 2.24) is 16.2 Å². The number of methoxy groups -OCH3 is 2. The predicted octanol–water partition coefficient (Wildman–Crippen LogP) is 3.57. The van der Waals surface area contributed by atoms with Gasteiger partial charge in [-0.25, -0.2) is 0 Å². The molecule has 154 valence electrons. The summed E-state index contributed by atoms with van der Waals surface area (Å²) in [7, 11) is 3.27. The summed E-state index contributed by atoms with van der Waals surface area (Å²) in [6.07, 6.45) is 3.19. The van der Waals surface area contributed by atoms with Crippen LogP contribution in [0.25, 0.3) is 16.8 Å². The number of benzene rings is 3. The van der Waals surface area contributed by atoms with Crippen LogP contribution in [0.5, 0.6) is 11.5 Å². The lowest BCUT2D eigenvalue weighted by Gasteiger charge is -2.11. The molecule has 0 aliphatic heterocycles. The van der Waals surface area contributed by atoms with E-state index < -0.39 is 0 Å². The third kappa shape index (κ3) is 5.96. The molecule has 0 fully saturated rings. The van der Waals surface area contributed by atoms with Crippen molar-refractivity contribution in [2.45, 2.75) is 6.54 Å². The molecule has 3 rings (SSSR count). The van der Waals surface area contributed by atoms with Crippen LogP contribution in [0.4, 0.5) is 0 Å². The smallest absolute Gasteiger partial charge is 0.262 e. The molecule has 3 aromatic rings. The molecule has 0 bridgehead atoms. The Morgan fingerprint density at radius 1 is 0.900 bits per heavy atom. The molecule has 0 heterocycles. The Balaban J connectivity index is 1.46. The molecule has 0 spiro atoms. The molecule has 0 radical (unpaired) electrons. The average Bonchev–Trinajstić information content (AvgIpc) is 2.79. The van der Waals surface area contributed by atoms with Gasteiger partial charge in [-0.3, -0.25) is 15.6 Å². The Morgan fingerprint density at radius 3 is 2.30 bits per heavy atom. The normalized spacial score (nSPS) is 10.6. The van der Waals surface area contributed by atoms with Gasteiger partial charge in [0.25, 0.3) is 5.91 Å². The number of fused-ring (bicyclic) bond motifs is 1. The van der Waals surface area contributed by atoms with Gasteiger partial charge in [0, 0.05) is 12.6 Å². The number of rotatable bonds is 6. The van der Waals surface area contributed by atoms with Crippen molar-refractivity contribution in [1.29, 1.82) is 0 Å². The first-order valence-electron chi connectivity index (χ1n) is 9.30. The van der Waals surface area contributed by atoms with Crippen molar-refractivity contribution in [3.05, 3.63) is 77.9 Å². The number of carbonyl (C=O) groups excluding carboxylic acids is 1. The van der Waals surface area contributed by atoms with Crippen LogP contribution in [0.15, 0.2) is 66.7 Å². The SMILES string of the molecule is COc1ccc(CNC(=S)NNC(=O)/C=C/c2ccc3cc(OC)ccc3c2)cc1. The van der Waals surface area contributed by atoms with E-state index in [1.165, 1.54) is 6.08 Å². The third-order valence-electron chi connectivity index (χ3n) is 4.41. The Hall–Kier alpha value is -3.58. The van der Waals surface area contributed by atoms with Gasteiger partial charge in [-0.1, -0.05) is 30.3 Å². The van der Waals surface area contributed by atoms with E-state index in [0.29, 0.717) is 11.7 Å². The van der Waals surface area contributed by atoms with E-state index in [4.69, 9.17) is 21.7 Å². The first-order chi connectivity index (χ1) is 14.6. The highest BCUT2D eigenvalue weighted by Crippen LogP contribution is 2.22. The van der Waals surface area contributed by atoms with Gasteiger partial charge < -0.3 is 14.8 Å². The van der Waals surface area contributed by atoms with E-state index >= 15 is 0 Å². The number of thiocarbonyl (C=S) groups is 1. The van der Waals surface area contributed by atoms with Gasteiger partial charge in [0.05, 0.1) is 14.2 Å². The zero-order valence-corrected chi connectivity index (χ0v) is 17.6. The molecule has 6 nitrogen and oxygen atoms in total. The van der Waals surface area contributed by atoms with E-state index in [2.05, 4.69) is 16.2 Å². The Bertz CT molecular complexity index is 1060. The van der Waals surface area contributed by atoms with Crippen LogP contribution in [-0.4, -0.2) is 25.2 Å². The van der Waals surface area contributed by atoms with Crippen molar-refractivity contribution in [2.75, 3.05) is 14.2 Å². The van der Waals surface area contributed by atoms with Gasteiger partial charge in [0.15, 0.2) is 5.11 Å². The Kier molecular flexibility index (Phi) is 7.24. The number of nitrogens with one attached hydrogen (secondary N) is 3. The molecule has 0 aliphatic rings. The van der Waals surface area contributed by atoms with Crippen LogP contribution in [-0.2, 0) is 11.3 Å². The third-order valence-corrected chi connectivity index (χ3v) is 4.66. The summed E-state index contributed by atoms with van der Waals surface area (Å²) in [6, 6.07) is 19.4. The molecule has 0 saturated heterocycles.